The maximum absolute atomic E-state index is 13.4. The van der Waals surface area contributed by atoms with Crippen LogP contribution >= 0.6 is 0 Å². The van der Waals surface area contributed by atoms with Crippen LogP contribution in [0.1, 0.15) is 23.2 Å². The summed E-state index contributed by atoms with van der Waals surface area (Å²) in [4.78, 5) is 14.5. The molecule has 2 aliphatic carbocycles. The summed E-state index contributed by atoms with van der Waals surface area (Å²) in [6, 6.07) is 15.1. The maximum Gasteiger partial charge on any atom is 0.258 e. The number of para-hydroxylation sites is 1. The molecule has 1 saturated heterocycles. The summed E-state index contributed by atoms with van der Waals surface area (Å²) in [6.07, 6.45) is 1.25. The van der Waals surface area contributed by atoms with Gasteiger partial charge in [-0.2, -0.15) is 4.31 Å². The van der Waals surface area contributed by atoms with Crippen LogP contribution in [0.25, 0.3) is 0 Å². The lowest BCUT2D eigenvalue weighted by atomic mass is 9.88. The summed E-state index contributed by atoms with van der Waals surface area (Å²) in [5.74, 6) is 0.564. The molecule has 0 radical (unpaired) electrons. The highest BCUT2D eigenvalue weighted by Gasteiger charge is 2.61. The molecule has 7 heteroatoms. The van der Waals surface area contributed by atoms with E-state index in [1.54, 1.807) is 19.2 Å². The summed E-state index contributed by atoms with van der Waals surface area (Å²) in [7, 11) is -2.10. The molecular weight excluding hydrogens is 388 g/mol. The predicted octanol–water partition coefficient (Wildman–Crippen LogP) is 2.35. The highest BCUT2D eigenvalue weighted by Crippen LogP contribution is 2.56. The lowest BCUT2D eigenvalue weighted by molar-refractivity contribution is 0.0731. The number of nitrogens with zero attached hydrogens (tertiary/aromatic N) is 2. The van der Waals surface area contributed by atoms with Gasteiger partial charge in [0.15, 0.2) is 0 Å². The molecular formula is C22H24N2O4S. The fraction of sp³-hybridized carbons (Fsp3) is 0.409. The molecule has 2 bridgehead atoms. The van der Waals surface area contributed by atoms with Crippen LogP contribution in [-0.4, -0.2) is 49.5 Å². The van der Waals surface area contributed by atoms with Gasteiger partial charge in [-0.05, 0) is 60.9 Å². The third-order valence-corrected chi connectivity index (χ3v) is 8.80. The molecule has 1 N–H and O–H groups in total. The third-order valence-electron chi connectivity index (χ3n) is 6.94. The van der Waals surface area contributed by atoms with E-state index >= 15 is 0 Å². The number of aliphatic hydroxyl groups is 1. The minimum absolute atomic E-state index is 0.113. The molecule has 1 amide bonds. The van der Waals surface area contributed by atoms with Gasteiger partial charge in [0.1, 0.15) is 0 Å². The number of fused-ring (bicyclic) bond motifs is 1. The van der Waals surface area contributed by atoms with Crippen molar-refractivity contribution >= 4 is 21.6 Å². The van der Waals surface area contributed by atoms with Gasteiger partial charge in [-0.15, -0.1) is 0 Å². The van der Waals surface area contributed by atoms with Gasteiger partial charge >= 0.3 is 0 Å². The van der Waals surface area contributed by atoms with Gasteiger partial charge in [0.25, 0.3) is 5.91 Å². The van der Waals surface area contributed by atoms with Crippen LogP contribution in [0.3, 0.4) is 0 Å². The summed E-state index contributed by atoms with van der Waals surface area (Å²) in [6.45, 7) is 0.466. The number of amides is 1. The second kappa shape index (κ2) is 6.65. The average Bonchev–Trinajstić information content (AvgIpc) is 3.37. The first-order valence-electron chi connectivity index (χ1n) is 10.0. The fourth-order valence-electron chi connectivity index (χ4n) is 5.52. The molecule has 0 unspecified atom stereocenters. The molecule has 5 atom stereocenters. The number of carbonyl (C=O) groups is 1. The van der Waals surface area contributed by atoms with Crippen molar-refractivity contribution in [3.8, 4) is 0 Å². The van der Waals surface area contributed by atoms with Gasteiger partial charge in [0.2, 0.25) is 10.0 Å². The van der Waals surface area contributed by atoms with Gasteiger partial charge in [0.05, 0.1) is 17.0 Å². The fourth-order valence-corrected chi connectivity index (χ4v) is 7.31. The molecule has 2 aromatic carbocycles. The molecule has 3 fully saturated rings. The molecule has 2 aromatic rings. The Kier molecular flexibility index (Phi) is 4.31. The zero-order valence-electron chi connectivity index (χ0n) is 16.2. The number of rotatable bonds is 4. The largest absolute Gasteiger partial charge is 0.391 e. The molecule has 3 aliphatic rings. The molecule has 0 aromatic heterocycles. The van der Waals surface area contributed by atoms with Crippen LogP contribution in [0.2, 0.25) is 0 Å². The van der Waals surface area contributed by atoms with Crippen molar-refractivity contribution in [3.63, 3.8) is 0 Å². The Morgan fingerprint density at radius 3 is 2.55 bits per heavy atom. The van der Waals surface area contributed by atoms with Gasteiger partial charge in [0, 0.05) is 24.8 Å². The van der Waals surface area contributed by atoms with Gasteiger partial charge in [-0.25, -0.2) is 8.42 Å². The topological polar surface area (TPSA) is 77.9 Å². The van der Waals surface area contributed by atoms with Gasteiger partial charge in [-0.3, -0.25) is 4.79 Å². The van der Waals surface area contributed by atoms with E-state index in [1.165, 1.54) is 21.3 Å². The zero-order valence-corrected chi connectivity index (χ0v) is 17.0. The van der Waals surface area contributed by atoms with Crippen LogP contribution in [-0.2, 0) is 10.0 Å². The number of benzene rings is 2. The molecule has 1 heterocycles. The van der Waals surface area contributed by atoms with Crippen LogP contribution in [0.5, 0.6) is 0 Å². The molecule has 152 valence electrons. The SMILES string of the molecule is CN(C(=O)c1cccc(S(=O)(=O)N2C[C@@H]3C[C@H]4C[C@H]3[C@H]2[C@H]4O)c1)c1ccccc1. The number of sulfonamides is 1. The number of hydrogen-bond acceptors (Lipinski definition) is 4. The van der Waals surface area contributed by atoms with E-state index in [-0.39, 0.29) is 28.7 Å². The highest BCUT2D eigenvalue weighted by molar-refractivity contribution is 7.89. The van der Waals surface area contributed by atoms with Crippen LogP contribution in [0.4, 0.5) is 5.69 Å². The van der Waals surface area contributed by atoms with Gasteiger partial charge in [-0.1, -0.05) is 24.3 Å². The minimum Gasteiger partial charge on any atom is -0.391 e. The lowest BCUT2D eigenvalue weighted by Crippen LogP contribution is -2.43. The van der Waals surface area contributed by atoms with Crippen LogP contribution in [0.15, 0.2) is 59.5 Å². The van der Waals surface area contributed by atoms with E-state index in [1.807, 2.05) is 30.3 Å². The second-order valence-corrected chi connectivity index (χ2v) is 10.3. The minimum atomic E-state index is -3.78. The summed E-state index contributed by atoms with van der Waals surface area (Å²) in [5.41, 5.74) is 1.06. The first-order chi connectivity index (χ1) is 13.9. The molecule has 0 spiro atoms. The Bertz CT molecular complexity index is 1050. The Morgan fingerprint density at radius 1 is 1.07 bits per heavy atom. The standard InChI is InChI=1S/C22H24N2O4S/c1-23(17-7-3-2-4-8-17)22(26)14-6-5-9-18(11-14)29(27,28)24-13-16-10-15-12-19(16)20(24)21(15)25/h2-9,11,15-16,19-21,25H,10,12-13H2,1H3/t15-,16-,19+,20-,21-/m0/s1. The Hall–Kier alpha value is -2.22. The number of aliphatic hydroxyl groups excluding tert-OH is 1. The molecule has 2 saturated carbocycles. The van der Waals surface area contributed by atoms with E-state index < -0.39 is 16.1 Å². The third kappa shape index (κ3) is 2.83. The van der Waals surface area contributed by atoms with Crippen molar-refractivity contribution in [2.45, 2.75) is 29.9 Å². The highest BCUT2D eigenvalue weighted by atomic mass is 32.2. The Labute approximate surface area is 170 Å². The molecule has 1 aliphatic heterocycles. The molecule has 5 rings (SSSR count). The van der Waals surface area contributed by atoms with Crippen molar-refractivity contribution in [1.82, 2.24) is 4.31 Å². The van der Waals surface area contributed by atoms with Gasteiger partial charge < -0.3 is 10.0 Å². The predicted molar refractivity (Wildman–Crippen MR) is 109 cm³/mol. The Morgan fingerprint density at radius 2 is 1.83 bits per heavy atom. The van der Waals surface area contributed by atoms with E-state index in [0.29, 0.717) is 18.0 Å². The van der Waals surface area contributed by atoms with E-state index in [4.69, 9.17) is 0 Å². The van der Waals surface area contributed by atoms with E-state index in [2.05, 4.69) is 0 Å². The number of hydrogen-bond donors (Lipinski definition) is 1. The van der Waals surface area contributed by atoms with Crippen molar-refractivity contribution in [2.75, 3.05) is 18.5 Å². The monoisotopic (exact) mass is 412 g/mol. The first kappa shape index (κ1) is 18.8. The number of anilines is 1. The summed E-state index contributed by atoms with van der Waals surface area (Å²) < 4.78 is 28.3. The van der Waals surface area contributed by atoms with Crippen LogP contribution < -0.4 is 4.90 Å². The van der Waals surface area contributed by atoms with Crippen molar-refractivity contribution in [1.29, 1.82) is 0 Å². The second-order valence-electron chi connectivity index (χ2n) is 8.44. The average molecular weight is 413 g/mol. The maximum atomic E-state index is 13.4. The molecule has 29 heavy (non-hydrogen) atoms. The van der Waals surface area contributed by atoms with Crippen molar-refractivity contribution < 1.29 is 18.3 Å². The van der Waals surface area contributed by atoms with Crippen LogP contribution in [0, 0.1) is 17.8 Å². The Balaban J connectivity index is 1.44. The molecule has 6 nitrogen and oxygen atoms in total. The van der Waals surface area contributed by atoms with Crippen molar-refractivity contribution in [3.05, 3.63) is 60.2 Å². The first-order valence-corrected chi connectivity index (χ1v) is 11.4. The summed E-state index contributed by atoms with van der Waals surface area (Å²) in [5, 5.41) is 10.6. The lowest BCUT2D eigenvalue weighted by Gasteiger charge is -2.28. The van der Waals surface area contributed by atoms with Crippen molar-refractivity contribution in [2.24, 2.45) is 17.8 Å². The summed E-state index contributed by atoms with van der Waals surface area (Å²) >= 11 is 0. The number of carbonyl (C=O) groups excluding carboxylic acids is 1. The van der Waals surface area contributed by atoms with E-state index in [0.717, 1.165) is 18.5 Å². The van der Waals surface area contributed by atoms with E-state index in [9.17, 15) is 18.3 Å². The smallest absolute Gasteiger partial charge is 0.258 e. The normalized spacial score (nSPS) is 30.6. The quantitative estimate of drug-likeness (QED) is 0.836. The zero-order chi connectivity index (χ0) is 20.3.